The van der Waals surface area contributed by atoms with Crippen LogP contribution in [-0.2, 0) is 33.7 Å². The first-order valence-electron chi connectivity index (χ1n) is 11.0. The number of hydrogen-bond donors (Lipinski definition) is 1. The molecule has 0 spiro atoms. The lowest BCUT2D eigenvalue weighted by Gasteiger charge is -2.08. The average Bonchev–Trinajstić information content (AvgIpc) is 3.38. The van der Waals surface area contributed by atoms with Crippen LogP contribution in [-0.4, -0.2) is 29.3 Å². The minimum Gasteiger partial charge on any atom is -0.424 e. The molecule has 5 aromatic rings. The molecule has 0 aliphatic heterocycles. The first-order chi connectivity index (χ1) is 17.0. The molecule has 178 valence electrons. The Kier molecular flexibility index (Phi) is 6.33. The molecule has 0 unspecified atom stereocenters. The average molecular weight is 492 g/mol. The van der Waals surface area contributed by atoms with Crippen molar-refractivity contribution in [2.24, 2.45) is 14.1 Å². The van der Waals surface area contributed by atoms with Crippen LogP contribution in [0.25, 0.3) is 11.0 Å². The van der Waals surface area contributed by atoms with E-state index < -0.39 is 6.67 Å². The Labute approximate surface area is 206 Å². The maximum atomic E-state index is 12.9. The van der Waals surface area contributed by atoms with Crippen LogP contribution in [0.5, 0.6) is 11.8 Å². The topological polar surface area (TPSA) is 82.7 Å². The summed E-state index contributed by atoms with van der Waals surface area (Å²) in [6.45, 7) is 0.0406. The molecule has 0 atom stereocenters. The lowest BCUT2D eigenvalue weighted by Crippen LogP contribution is -2.05. The van der Waals surface area contributed by atoms with Gasteiger partial charge in [0.15, 0.2) is 0 Å². The summed E-state index contributed by atoms with van der Waals surface area (Å²) in [4.78, 5) is 12.8. The maximum absolute atomic E-state index is 12.9. The van der Waals surface area contributed by atoms with Crippen molar-refractivity contribution in [3.63, 3.8) is 0 Å². The number of hydrogen-bond acceptors (Lipinski definition) is 6. The molecule has 35 heavy (non-hydrogen) atoms. The highest BCUT2D eigenvalue weighted by molar-refractivity contribution is 6.30. The molecule has 0 aliphatic carbocycles. The van der Waals surface area contributed by atoms with Crippen LogP contribution in [0.2, 0.25) is 5.02 Å². The first kappa shape index (κ1) is 22.8. The fourth-order valence-corrected chi connectivity index (χ4v) is 3.93. The molecular weight excluding hydrogens is 469 g/mol. The minimum absolute atomic E-state index is 0.241. The van der Waals surface area contributed by atoms with E-state index >= 15 is 0 Å². The zero-order chi connectivity index (χ0) is 24.4. The molecule has 0 saturated heterocycles. The molecular formula is C25H23ClFN7O. The molecule has 0 saturated carbocycles. The molecule has 0 aliphatic rings. The number of halogens is 2. The van der Waals surface area contributed by atoms with Crippen LogP contribution < -0.4 is 10.1 Å². The number of aryl methyl sites for hydroxylation is 2. The van der Waals surface area contributed by atoms with E-state index in [0.717, 1.165) is 33.8 Å². The van der Waals surface area contributed by atoms with Crippen molar-refractivity contribution in [2.75, 3.05) is 5.32 Å². The van der Waals surface area contributed by atoms with E-state index in [1.165, 1.54) is 12.4 Å². The van der Waals surface area contributed by atoms with Crippen molar-refractivity contribution in [1.29, 1.82) is 0 Å². The summed E-state index contributed by atoms with van der Waals surface area (Å²) >= 11 is 5.80. The number of rotatable bonds is 8. The van der Waals surface area contributed by atoms with Crippen LogP contribution in [0.15, 0.2) is 60.9 Å². The van der Waals surface area contributed by atoms with Crippen molar-refractivity contribution < 1.29 is 9.13 Å². The zero-order valence-electron chi connectivity index (χ0n) is 19.2. The number of benzene rings is 2. The van der Waals surface area contributed by atoms with E-state index in [1.54, 1.807) is 10.7 Å². The van der Waals surface area contributed by atoms with E-state index in [4.69, 9.17) is 21.3 Å². The molecule has 3 aromatic heterocycles. The Balaban J connectivity index is 1.25. The van der Waals surface area contributed by atoms with Crippen molar-refractivity contribution in [3.8, 4) is 11.8 Å². The van der Waals surface area contributed by atoms with Crippen LogP contribution in [0, 0.1) is 0 Å². The van der Waals surface area contributed by atoms with E-state index in [9.17, 15) is 4.39 Å². The van der Waals surface area contributed by atoms with Crippen molar-refractivity contribution in [2.45, 2.75) is 19.6 Å². The number of alkyl halides is 1. The van der Waals surface area contributed by atoms with Gasteiger partial charge in [-0.05, 0) is 41.5 Å². The van der Waals surface area contributed by atoms with Gasteiger partial charge in [-0.2, -0.15) is 5.10 Å². The maximum Gasteiger partial charge on any atom is 0.321 e. The monoisotopic (exact) mass is 491 g/mol. The molecule has 8 nitrogen and oxygen atoms in total. The standard InChI is InChI=1S/C25H23ClFN7O/c1-33-23-10-17(9-20-11-19(12-27)32-34(20)2)5-8-22(23)31-24(33)28-13-16-3-6-21(7-4-16)35-25-29-14-18(26)15-30-25/h3-8,10-11,14-15H,9,12-13H2,1-2H3,(H,28,31). The number of fused-ring (bicyclic) bond motifs is 1. The van der Waals surface area contributed by atoms with Gasteiger partial charge in [0, 0.05) is 32.8 Å². The van der Waals surface area contributed by atoms with Crippen molar-refractivity contribution in [1.82, 2.24) is 29.3 Å². The minimum atomic E-state index is -0.559. The Morgan fingerprint density at radius 2 is 1.74 bits per heavy atom. The summed E-state index contributed by atoms with van der Waals surface area (Å²) < 4.78 is 22.3. The molecule has 5 rings (SSSR count). The summed E-state index contributed by atoms with van der Waals surface area (Å²) in [5.74, 6) is 1.41. The predicted octanol–water partition coefficient (Wildman–Crippen LogP) is 5.21. The molecule has 2 aromatic carbocycles. The fourth-order valence-electron chi connectivity index (χ4n) is 3.83. The quantitative estimate of drug-likeness (QED) is 0.320. The first-order valence-corrected chi connectivity index (χ1v) is 11.4. The number of ether oxygens (including phenoxy) is 1. The van der Waals surface area contributed by atoms with E-state index in [-0.39, 0.29) is 6.01 Å². The van der Waals surface area contributed by atoms with Gasteiger partial charge in [-0.3, -0.25) is 4.68 Å². The second-order valence-corrected chi connectivity index (χ2v) is 8.60. The normalized spacial score (nSPS) is 11.2. The smallest absolute Gasteiger partial charge is 0.321 e. The highest BCUT2D eigenvalue weighted by atomic mass is 35.5. The molecule has 0 radical (unpaired) electrons. The molecule has 0 bridgehead atoms. The Morgan fingerprint density at radius 1 is 1.00 bits per heavy atom. The van der Waals surface area contributed by atoms with Gasteiger partial charge in [0.2, 0.25) is 5.95 Å². The van der Waals surface area contributed by atoms with Crippen LogP contribution in [0.4, 0.5) is 10.3 Å². The predicted molar refractivity (Wildman–Crippen MR) is 132 cm³/mol. The molecule has 0 amide bonds. The number of aromatic nitrogens is 6. The van der Waals surface area contributed by atoms with Gasteiger partial charge in [0.1, 0.15) is 12.4 Å². The van der Waals surface area contributed by atoms with E-state index in [0.29, 0.717) is 29.4 Å². The summed E-state index contributed by atoms with van der Waals surface area (Å²) in [6, 6.07) is 15.9. The summed E-state index contributed by atoms with van der Waals surface area (Å²) in [7, 11) is 3.82. The number of nitrogens with zero attached hydrogens (tertiary/aromatic N) is 6. The van der Waals surface area contributed by atoms with Gasteiger partial charge in [-0.1, -0.05) is 29.8 Å². The molecule has 10 heteroatoms. The van der Waals surface area contributed by atoms with Gasteiger partial charge >= 0.3 is 6.01 Å². The third-order valence-corrected chi connectivity index (χ3v) is 5.87. The van der Waals surface area contributed by atoms with Crippen molar-refractivity contribution in [3.05, 3.63) is 88.5 Å². The largest absolute Gasteiger partial charge is 0.424 e. The summed E-state index contributed by atoms with van der Waals surface area (Å²) in [5, 5.41) is 8.04. The number of imidazole rings is 1. The number of nitrogens with one attached hydrogen (secondary N) is 1. The lowest BCUT2D eigenvalue weighted by atomic mass is 10.1. The third kappa shape index (κ3) is 5.09. The highest BCUT2D eigenvalue weighted by Crippen LogP contribution is 2.23. The molecule has 3 heterocycles. The van der Waals surface area contributed by atoms with Crippen LogP contribution in [0.3, 0.4) is 0 Å². The van der Waals surface area contributed by atoms with Gasteiger partial charge in [0.05, 0.1) is 34.1 Å². The van der Waals surface area contributed by atoms with Crippen LogP contribution >= 0.6 is 11.6 Å². The zero-order valence-corrected chi connectivity index (χ0v) is 20.0. The second-order valence-electron chi connectivity index (χ2n) is 8.16. The van der Waals surface area contributed by atoms with Gasteiger partial charge < -0.3 is 14.6 Å². The fraction of sp³-hybridized carbons (Fsp3) is 0.200. The van der Waals surface area contributed by atoms with Crippen LogP contribution in [0.1, 0.15) is 22.5 Å². The van der Waals surface area contributed by atoms with Gasteiger partial charge in [-0.25, -0.2) is 19.3 Å². The SMILES string of the molecule is Cn1nc(CF)cc1Cc1ccc2nc(NCc3ccc(Oc4ncc(Cl)cn4)cc3)n(C)c2c1. The number of anilines is 1. The van der Waals surface area contributed by atoms with E-state index in [2.05, 4.69) is 26.4 Å². The summed E-state index contributed by atoms with van der Waals surface area (Å²) in [5.41, 5.74) is 5.52. The lowest BCUT2D eigenvalue weighted by molar-refractivity contribution is 0.441. The highest BCUT2D eigenvalue weighted by Gasteiger charge is 2.11. The molecule has 0 fully saturated rings. The van der Waals surface area contributed by atoms with Gasteiger partial charge in [0.25, 0.3) is 0 Å². The Bertz CT molecular complexity index is 1460. The van der Waals surface area contributed by atoms with E-state index in [1.807, 2.05) is 55.1 Å². The van der Waals surface area contributed by atoms with Gasteiger partial charge in [-0.15, -0.1) is 0 Å². The molecule has 1 N–H and O–H groups in total. The summed E-state index contributed by atoms with van der Waals surface area (Å²) in [6.07, 6.45) is 3.65. The third-order valence-electron chi connectivity index (χ3n) is 5.67. The second kappa shape index (κ2) is 9.71. The Morgan fingerprint density at radius 3 is 2.46 bits per heavy atom. The van der Waals surface area contributed by atoms with Crippen molar-refractivity contribution >= 4 is 28.6 Å². The Hall–Kier alpha value is -3.98.